The molecule has 0 radical (unpaired) electrons. The molecule has 204 valence electrons. The minimum absolute atomic E-state index is 0.0442. The molecule has 0 fully saturated rings. The molecule has 0 N–H and O–H groups in total. The standard InChI is InChI=1S/C38H46O/c1-3-4-5-6-7-8-9-22-31-39-32(2)38(35-27-18-12-19-28-35,36-29-20-13-21-30-36)37(33-23-14-10-15-24-33)34-25-16-11-17-26-34/h10-21,23-30,32,37H,3-9,22,31H2,1-2H3. The molecule has 0 aliphatic heterocycles. The van der Waals surface area contributed by atoms with E-state index < -0.39 is 5.41 Å². The first-order chi connectivity index (χ1) is 19.3. The largest absolute Gasteiger partial charge is 0.377 e. The Morgan fingerprint density at radius 3 is 1.33 bits per heavy atom. The average molecular weight is 519 g/mol. The molecule has 0 saturated carbocycles. The summed E-state index contributed by atoms with van der Waals surface area (Å²) in [5, 5.41) is 0. The van der Waals surface area contributed by atoms with Gasteiger partial charge >= 0.3 is 0 Å². The van der Waals surface area contributed by atoms with Crippen LogP contribution in [0.5, 0.6) is 0 Å². The second kappa shape index (κ2) is 15.4. The highest BCUT2D eigenvalue weighted by molar-refractivity contribution is 5.51. The van der Waals surface area contributed by atoms with Gasteiger partial charge < -0.3 is 4.74 Å². The van der Waals surface area contributed by atoms with E-state index in [1.807, 2.05) is 0 Å². The molecule has 0 spiro atoms. The van der Waals surface area contributed by atoms with Gasteiger partial charge in [-0.15, -0.1) is 0 Å². The monoisotopic (exact) mass is 518 g/mol. The Bertz CT molecular complexity index is 1090. The van der Waals surface area contributed by atoms with E-state index in [1.165, 1.54) is 67.2 Å². The van der Waals surface area contributed by atoms with E-state index in [2.05, 4.69) is 135 Å². The fraction of sp³-hybridized carbons (Fsp3) is 0.368. The van der Waals surface area contributed by atoms with E-state index in [0.29, 0.717) is 0 Å². The van der Waals surface area contributed by atoms with Gasteiger partial charge in [-0.05, 0) is 35.6 Å². The van der Waals surface area contributed by atoms with Gasteiger partial charge in [0.25, 0.3) is 0 Å². The number of hydrogen-bond donors (Lipinski definition) is 0. The molecular formula is C38H46O. The lowest BCUT2D eigenvalue weighted by Gasteiger charge is -2.47. The summed E-state index contributed by atoms with van der Waals surface area (Å²) in [6, 6.07) is 44.1. The lowest BCUT2D eigenvalue weighted by molar-refractivity contribution is 0.0133. The molecule has 0 amide bonds. The number of rotatable bonds is 16. The first kappa shape index (κ1) is 28.8. The molecule has 39 heavy (non-hydrogen) atoms. The molecule has 4 aromatic rings. The maximum Gasteiger partial charge on any atom is 0.0693 e. The van der Waals surface area contributed by atoms with Crippen LogP contribution >= 0.6 is 0 Å². The highest BCUT2D eigenvalue weighted by Crippen LogP contribution is 2.51. The van der Waals surface area contributed by atoms with Gasteiger partial charge in [0.05, 0.1) is 11.5 Å². The lowest BCUT2D eigenvalue weighted by atomic mass is 9.58. The quantitative estimate of drug-likeness (QED) is 0.134. The number of hydrogen-bond acceptors (Lipinski definition) is 1. The Morgan fingerprint density at radius 2 is 0.897 bits per heavy atom. The smallest absolute Gasteiger partial charge is 0.0693 e. The third-order valence-corrected chi connectivity index (χ3v) is 8.23. The van der Waals surface area contributed by atoms with Gasteiger partial charge in [-0.1, -0.05) is 173 Å². The SMILES string of the molecule is CCCCCCCCCCOC(C)C(c1ccccc1)(c1ccccc1)C(c1ccccc1)c1ccccc1. The third kappa shape index (κ3) is 7.28. The van der Waals surface area contributed by atoms with Crippen molar-refractivity contribution < 1.29 is 4.74 Å². The Balaban J connectivity index is 1.71. The van der Waals surface area contributed by atoms with Crippen LogP contribution in [0, 0.1) is 0 Å². The van der Waals surface area contributed by atoms with Crippen molar-refractivity contribution in [3.8, 4) is 0 Å². The van der Waals surface area contributed by atoms with Crippen LogP contribution in [-0.4, -0.2) is 12.7 Å². The van der Waals surface area contributed by atoms with E-state index in [4.69, 9.17) is 4.74 Å². The zero-order valence-corrected chi connectivity index (χ0v) is 24.0. The topological polar surface area (TPSA) is 9.23 Å². The zero-order valence-electron chi connectivity index (χ0n) is 24.0. The molecule has 0 bridgehead atoms. The third-order valence-electron chi connectivity index (χ3n) is 8.23. The average Bonchev–Trinajstić information content (AvgIpc) is 3.00. The van der Waals surface area contributed by atoms with Crippen molar-refractivity contribution in [2.45, 2.75) is 82.7 Å². The zero-order chi connectivity index (χ0) is 27.2. The van der Waals surface area contributed by atoms with E-state index in [9.17, 15) is 0 Å². The summed E-state index contributed by atoms with van der Waals surface area (Å²) in [4.78, 5) is 0. The van der Waals surface area contributed by atoms with E-state index in [1.54, 1.807) is 0 Å². The van der Waals surface area contributed by atoms with Crippen molar-refractivity contribution in [2.24, 2.45) is 0 Å². The van der Waals surface area contributed by atoms with Gasteiger partial charge in [-0.3, -0.25) is 0 Å². The minimum Gasteiger partial charge on any atom is -0.377 e. The predicted octanol–water partition coefficient (Wildman–Crippen LogP) is 10.4. The van der Waals surface area contributed by atoms with Gasteiger partial charge in [0.15, 0.2) is 0 Å². The number of unbranched alkanes of at least 4 members (excludes halogenated alkanes) is 7. The molecule has 4 rings (SSSR count). The highest BCUT2D eigenvalue weighted by Gasteiger charge is 2.48. The number of benzene rings is 4. The van der Waals surface area contributed by atoms with Gasteiger partial charge in [0.1, 0.15) is 0 Å². The summed E-state index contributed by atoms with van der Waals surface area (Å²) in [7, 11) is 0. The normalized spacial score (nSPS) is 12.5. The minimum atomic E-state index is -0.411. The molecule has 4 aromatic carbocycles. The molecule has 1 heteroatoms. The van der Waals surface area contributed by atoms with Crippen LogP contribution in [0.3, 0.4) is 0 Å². The van der Waals surface area contributed by atoms with Crippen molar-refractivity contribution in [2.75, 3.05) is 6.61 Å². The second-order valence-electron chi connectivity index (χ2n) is 10.8. The summed E-state index contributed by atoms with van der Waals surface area (Å²) in [6.07, 6.45) is 10.4. The van der Waals surface area contributed by atoms with Crippen LogP contribution in [0.2, 0.25) is 0 Å². The Labute approximate surface area is 237 Å². The summed E-state index contributed by atoms with van der Waals surface area (Å²) in [6.45, 7) is 5.36. The van der Waals surface area contributed by atoms with Crippen LogP contribution in [0.25, 0.3) is 0 Å². The van der Waals surface area contributed by atoms with E-state index >= 15 is 0 Å². The molecular weight excluding hydrogens is 472 g/mol. The molecule has 0 aromatic heterocycles. The van der Waals surface area contributed by atoms with Crippen molar-refractivity contribution in [1.29, 1.82) is 0 Å². The van der Waals surface area contributed by atoms with Crippen molar-refractivity contribution in [3.63, 3.8) is 0 Å². The Morgan fingerprint density at radius 1 is 0.513 bits per heavy atom. The van der Waals surface area contributed by atoms with Crippen LogP contribution < -0.4 is 0 Å². The van der Waals surface area contributed by atoms with Gasteiger partial charge in [-0.25, -0.2) is 0 Å². The molecule has 1 unspecified atom stereocenters. The van der Waals surface area contributed by atoms with Crippen LogP contribution in [0.4, 0.5) is 0 Å². The molecule has 1 atom stereocenters. The Kier molecular flexibility index (Phi) is 11.4. The van der Waals surface area contributed by atoms with Crippen LogP contribution in [0.15, 0.2) is 121 Å². The molecule has 0 aliphatic carbocycles. The molecule has 0 heterocycles. The van der Waals surface area contributed by atoms with Gasteiger partial charge in [-0.2, -0.15) is 0 Å². The summed E-state index contributed by atoms with van der Waals surface area (Å²) in [5.74, 6) is 0.0817. The van der Waals surface area contributed by atoms with E-state index in [0.717, 1.165) is 13.0 Å². The maximum atomic E-state index is 6.89. The lowest BCUT2D eigenvalue weighted by Crippen LogP contribution is -2.46. The fourth-order valence-corrected chi connectivity index (χ4v) is 6.27. The van der Waals surface area contributed by atoms with Crippen molar-refractivity contribution in [3.05, 3.63) is 144 Å². The second-order valence-corrected chi connectivity index (χ2v) is 10.8. The van der Waals surface area contributed by atoms with Crippen LogP contribution in [-0.2, 0) is 10.2 Å². The summed E-state index contributed by atoms with van der Waals surface area (Å²) < 4.78 is 6.89. The van der Waals surface area contributed by atoms with Crippen LogP contribution in [0.1, 0.15) is 93.4 Å². The molecule has 0 aliphatic rings. The molecule has 1 nitrogen and oxygen atoms in total. The Hall–Kier alpha value is -3.16. The summed E-state index contributed by atoms with van der Waals surface area (Å²) in [5.41, 5.74) is 4.78. The fourth-order valence-electron chi connectivity index (χ4n) is 6.27. The number of ether oxygens (including phenoxy) is 1. The first-order valence-electron chi connectivity index (χ1n) is 15.1. The predicted molar refractivity (Wildman–Crippen MR) is 166 cm³/mol. The highest BCUT2D eigenvalue weighted by atomic mass is 16.5. The maximum absolute atomic E-state index is 6.89. The van der Waals surface area contributed by atoms with Gasteiger partial charge in [0.2, 0.25) is 0 Å². The van der Waals surface area contributed by atoms with E-state index in [-0.39, 0.29) is 12.0 Å². The molecule has 0 saturated heterocycles. The summed E-state index contributed by atoms with van der Waals surface area (Å²) >= 11 is 0. The van der Waals surface area contributed by atoms with Gasteiger partial charge in [0, 0.05) is 12.5 Å². The first-order valence-corrected chi connectivity index (χ1v) is 15.1. The van der Waals surface area contributed by atoms with Crippen molar-refractivity contribution >= 4 is 0 Å². The van der Waals surface area contributed by atoms with Crippen molar-refractivity contribution in [1.82, 2.24) is 0 Å².